The molecule has 1 nitrogen and oxygen atoms in total. The summed E-state index contributed by atoms with van der Waals surface area (Å²) in [4.78, 5) is 0. The normalized spacial score (nSPS) is 50.4. The quantitative estimate of drug-likeness (QED) is 0.580. The predicted molar refractivity (Wildman–Crippen MR) is 74.6 cm³/mol. The van der Waals surface area contributed by atoms with Crippen molar-refractivity contribution in [2.24, 2.45) is 0 Å². The van der Waals surface area contributed by atoms with Crippen LogP contribution in [0.3, 0.4) is 0 Å². The van der Waals surface area contributed by atoms with Gasteiger partial charge in [-0.05, 0) is 0 Å². The molecule has 1 saturated heterocycles. The Morgan fingerprint density at radius 3 is 1.82 bits per heavy atom. The maximum Gasteiger partial charge on any atom is 0.368 e. The van der Waals surface area contributed by atoms with Gasteiger partial charge in [0, 0.05) is 37.0 Å². The van der Waals surface area contributed by atoms with Crippen LogP contribution in [0, 0.1) is 0 Å². The second kappa shape index (κ2) is 4.09. The second-order valence-electron chi connectivity index (χ2n) is 1.61. The van der Waals surface area contributed by atoms with E-state index in [1.165, 1.54) is 0 Å². The van der Waals surface area contributed by atoms with E-state index in [4.69, 9.17) is 0 Å². The first-order chi connectivity index (χ1) is 4.98. The van der Waals surface area contributed by atoms with E-state index in [0.717, 1.165) is 0 Å². The molecule has 11 heavy (non-hydrogen) atoms. The molecular weight excluding hydrogens is 294 g/mol. The van der Waals surface area contributed by atoms with Crippen molar-refractivity contribution in [1.82, 2.24) is 0 Å². The molecule has 0 N–H and O–H groups in total. The fourth-order valence-corrected chi connectivity index (χ4v) is 74.1. The van der Waals surface area contributed by atoms with Gasteiger partial charge in [0.05, 0.1) is 22.8 Å². The highest BCUT2D eigenvalue weighted by molar-refractivity contribution is 9.72. The third kappa shape index (κ3) is 2.06. The summed E-state index contributed by atoms with van der Waals surface area (Å²) >= 11 is 13.9. The molecule has 66 valence electrons. The molecule has 0 aliphatic carbocycles. The Morgan fingerprint density at radius 1 is 1.27 bits per heavy atom. The van der Waals surface area contributed by atoms with E-state index in [9.17, 15) is 4.21 Å². The van der Waals surface area contributed by atoms with Crippen molar-refractivity contribution in [2.75, 3.05) is 12.5 Å². The van der Waals surface area contributed by atoms with Crippen LogP contribution < -0.4 is 0 Å². The van der Waals surface area contributed by atoms with Crippen molar-refractivity contribution < 1.29 is 4.21 Å². The molecule has 2 atom stereocenters. The molecule has 9 heteroatoms. The fraction of sp³-hybridized carbons (Fsp3) is 1.00. The molecule has 1 rings (SSSR count). The third-order valence-corrected chi connectivity index (χ3v) is 51.0. The number of rotatable bonds is 2. The zero-order chi connectivity index (χ0) is 8.70. The van der Waals surface area contributed by atoms with Crippen LogP contribution in [-0.4, -0.2) is 16.7 Å². The van der Waals surface area contributed by atoms with Gasteiger partial charge in [-0.15, -0.1) is 0 Å². The van der Waals surface area contributed by atoms with Crippen LogP contribution in [0.1, 0.15) is 0 Å². The van der Waals surface area contributed by atoms with Gasteiger partial charge >= 0.3 is 18.2 Å². The zero-order valence-corrected chi connectivity index (χ0v) is 12.7. The topological polar surface area (TPSA) is 17.1 Å². The van der Waals surface area contributed by atoms with Gasteiger partial charge in [0.1, 0.15) is 0 Å². The first-order valence-electron chi connectivity index (χ1n) is 2.48. The number of hydrogen-bond acceptors (Lipinski definition) is 6. The molecule has 2 unspecified atom stereocenters. The van der Waals surface area contributed by atoms with Gasteiger partial charge in [0.15, 0.2) is 0 Å². The molecule has 0 radical (unpaired) electrons. The zero-order valence-electron chi connectivity index (χ0n) is 5.83. The Morgan fingerprint density at radius 2 is 1.64 bits per heavy atom. The molecule has 0 amide bonds. The average molecular weight is 302 g/mol. The molecule has 1 fully saturated rings. The molecular formula is C2H8OP2S6+2. The maximum atomic E-state index is 11.7. The van der Waals surface area contributed by atoms with Crippen LogP contribution in [0.2, 0.25) is 0 Å². The Bertz CT molecular complexity index is 181. The number of thiol groups is 2. The summed E-state index contributed by atoms with van der Waals surface area (Å²) in [6.45, 7) is 0. The molecule has 0 spiro atoms. The molecule has 0 aromatic heterocycles. The SMILES string of the molecule is CS[P+]1(S)S[P+](S)(SC)S1=O. The lowest BCUT2D eigenvalue weighted by Crippen LogP contribution is -1.97. The first kappa shape index (κ1) is 11.8. The van der Waals surface area contributed by atoms with Crippen LogP contribution in [0.5, 0.6) is 0 Å². The summed E-state index contributed by atoms with van der Waals surface area (Å²) in [5.74, 6) is 0. The summed E-state index contributed by atoms with van der Waals surface area (Å²) in [5, 5.41) is 0. The van der Waals surface area contributed by atoms with E-state index in [2.05, 4.69) is 24.5 Å². The summed E-state index contributed by atoms with van der Waals surface area (Å²) in [6.07, 6.45) is 3.95. The van der Waals surface area contributed by atoms with Crippen molar-refractivity contribution in [3.63, 3.8) is 0 Å². The minimum absolute atomic E-state index is 0.759. The minimum Gasteiger partial charge on any atom is -0.171 e. The monoisotopic (exact) mass is 302 g/mol. The predicted octanol–water partition coefficient (Wildman–Crippen LogP) is 4.42. The van der Waals surface area contributed by atoms with E-state index in [1.54, 1.807) is 33.8 Å². The van der Waals surface area contributed by atoms with Gasteiger partial charge in [0.25, 0.3) is 11.0 Å². The van der Waals surface area contributed by atoms with Crippen LogP contribution >= 0.6 is 66.4 Å². The average Bonchev–Trinajstić information content (AvgIpc) is 2.03. The van der Waals surface area contributed by atoms with Gasteiger partial charge in [-0.2, -0.15) is 4.21 Å². The van der Waals surface area contributed by atoms with Crippen molar-refractivity contribution in [2.45, 2.75) is 0 Å². The molecule has 1 heterocycles. The molecule has 1 aliphatic rings. The van der Waals surface area contributed by atoms with Gasteiger partial charge in [-0.1, -0.05) is 0 Å². The third-order valence-electron chi connectivity index (χ3n) is 1.06. The van der Waals surface area contributed by atoms with Crippen molar-refractivity contribution in [3.8, 4) is 0 Å². The molecule has 0 bridgehead atoms. The summed E-state index contributed by atoms with van der Waals surface area (Å²) < 4.78 is 8.66. The number of hydrogen-bond donors (Lipinski definition) is 2. The minimum atomic E-state index is -1.50. The standard InChI is InChI=1S/C2H8OP2S6/c1-8-4(6)10-5(7,9-2)11(4)3/h6-7H,1-2H3/q+2. The smallest absolute Gasteiger partial charge is 0.171 e. The van der Waals surface area contributed by atoms with E-state index in [1.807, 2.05) is 12.5 Å². The fourth-order valence-electron chi connectivity index (χ4n) is 0.488. The van der Waals surface area contributed by atoms with Crippen molar-refractivity contribution >= 4 is 76.4 Å². The van der Waals surface area contributed by atoms with E-state index < -0.39 is 18.2 Å². The highest BCUT2D eigenvalue weighted by Gasteiger charge is 2.82. The van der Waals surface area contributed by atoms with Crippen LogP contribution in [0.4, 0.5) is 0 Å². The van der Waals surface area contributed by atoms with E-state index in [0.29, 0.717) is 0 Å². The lowest BCUT2D eigenvalue weighted by molar-refractivity contribution is 0.698. The lowest BCUT2D eigenvalue weighted by atomic mass is 12.0. The van der Waals surface area contributed by atoms with E-state index >= 15 is 0 Å². The molecule has 1 aliphatic heterocycles. The van der Waals surface area contributed by atoms with Crippen molar-refractivity contribution in [1.29, 1.82) is 0 Å². The van der Waals surface area contributed by atoms with Gasteiger partial charge in [-0.3, -0.25) is 0 Å². The second-order valence-corrected chi connectivity index (χ2v) is 34.3. The first-order valence-corrected chi connectivity index (χ1v) is 16.4. The van der Waals surface area contributed by atoms with Crippen LogP contribution in [0.15, 0.2) is 0 Å². The van der Waals surface area contributed by atoms with Gasteiger partial charge in [-0.25, -0.2) is 0 Å². The van der Waals surface area contributed by atoms with Crippen LogP contribution in [-0.2, 0) is 10.0 Å². The van der Waals surface area contributed by atoms with E-state index in [-0.39, 0.29) is 0 Å². The van der Waals surface area contributed by atoms with Crippen LogP contribution in [0.25, 0.3) is 0 Å². The highest BCUT2D eigenvalue weighted by Crippen LogP contribution is 3.17. The summed E-state index contributed by atoms with van der Waals surface area (Å²) in [7, 11) is -0.759. The molecule has 0 saturated carbocycles. The van der Waals surface area contributed by atoms with Gasteiger partial charge < -0.3 is 0 Å². The Kier molecular flexibility index (Phi) is 4.40. The largest absolute Gasteiger partial charge is 0.368 e. The summed E-state index contributed by atoms with van der Waals surface area (Å²) in [5.41, 5.74) is 0. The highest BCUT2D eigenvalue weighted by atomic mass is 34.0. The lowest BCUT2D eigenvalue weighted by Gasteiger charge is -2.24. The maximum absolute atomic E-state index is 11.7. The Labute approximate surface area is 92.3 Å². The molecule has 0 aromatic rings. The molecule has 0 aromatic carbocycles. The van der Waals surface area contributed by atoms with Crippen molar-refractivity contribution in [3.05, 3.63) is 0 Å². The Balaban J connectivity index is 2.71. The van der Waals surface area contributed by atoms with Gasteiger partial charge in [0.2, 0.25) is 0 Å². The summed E-state index contributed by atoms with van der Waals surface area (Å²) in [6, 6.07) is 0. The Hall–Kier alpha value is 2.76.